The Morgan fingerprint density at radius 1 is 1.11 bits per heavy atom. The van der Waals surface area contributed by atoms with Crippen molar-refractivity contribution in [1.82, 2.24) is 20.2 Å². The summed E-state index contributed by atoms with van der Waals surface area (Å²) in [5.74, 6) is -0.919. The molecule has 1 aromatic heterocycles. The summed E-state index contributed by atoms with van der Waals surface area (Å²) in [5, 5.41) is 5.93. The van der Waals surface area contributed by atoms with E-state index in [9.17, 15) is 18.0 Å². The Bertz CT molecular complexity index is 1370. The van der Waals surface area contributed by atoms with E-state index in [1.165, 1.54) is 6.07 Å². The number of halogens is 3. The minimum Gasteiger partial charge on any atom is -0.433 e. The first kappa shape index (κ1) is 23.5. The van der Waals surface area contributed by atoms with Crippen LogP contribution in [0.4, 0.5) is 30.5 Å². The molecule has 3 aliphatic rings. The maximum absolute atomic E-state index is 14.8. The highest BCUT2D eigenvalue weighted by Gasteiger charge is 2.52. The molecule has 11 heteroatoms. The average Bonchev–Trinajstić information content (AvgIpc) is 3.60. The first-order valence-corrected chi connectivity index (χ1v) is 12.1. The Labute approximate surface area is 211 Å². The summed E-state index contributed by atoms with van der Waals surface area (Å²) in [4.78, 5) is 25.2. The summed E-state index contributed by atoms with van der Waals surface area (Å²) in [6.07, 6.45) is 2.78. The minimum atomic E-state index is -3.02. The fraction of sp³-hybridized carbons (Fsp3) is 0.346. The number of anilines is 3. The number of carbonyl (C=O) groups is 1. The van der Waals surface area contributed by atoms with E-state index < -0.39 is 12.4 Å². The molecule has 1 aliphatic carbocycles. The third-order valence-corrected chi connectivity index (χ3v) is 7.19. The second-order valence-corrected chi connectivity index (χ2v) is 9.66. The van der Waals surface area contributed by atoms with Crippen LogP contribution >= 0.6 is 0 Å². The van der Waals surface area contributed by atoms with E-state index in [2.05, 4.69) is 30.4 Å². The highest BCUT2D eigenvalue weighted by molar-refractivity contribution is 6.01. The summed E-state index contributed by atoms with van der Waals surface area (Å²) in [7, 11) is 2.05. The number of piperazine rings is 1. The third-order valence-electron chi connectivity index (χ3n) is 7.19. The smallest absolute Gasteiger partial charge is 0.387 e. The van der Waals surface area contributed by atoms with Crippen molar-refractivity contribution in [2.24, 2.45) is 0 Å². The maximum Gasteiger partial charge on any atom is 0.387 e. The number of nitrogens with one attached hydrogen (secondary N) is 2. The summed E-state index contributed by atoms with van der Waals surface area (Å²) < 4.78 is 45.7. The molecule has 2 aromatic carbocycles. The molecule has 1 saturated heterocycles. The lowest BCUT2D eigenvalue weighted by Crippen LogP contribution is -2.44. The number of fused-ring (bicyclic) bond motifs is 2. The van der Waals surface area contributed by atoms with Gasteiger partial charge in [-0.1, -0.05) is 12.1 Å². The van der Waals surface area contributed by atoms with Crippen LogP contribution in [0.2, 0.25) is 0 Å². The molecular weight excluding hydrogens is 485 g/mol. The SMILES string of the molecule is CN1CCN(c2ccc(OC(F)F)c(Nc3ncc(F)c(-c4ccc5c(c4)C(=O)NC54CC4)n3)c2)CC1. The van der Waals surface area contributed by atoms with E-state index in [1.54, 1.807) is 24.3 Å². The van der Waals surface area contributed by atoms with E-state index >= 15 is 0 Å². The van der Waals surface area contributed by atoms with Gasteiger partial charge in [-0.15, -0.1) is 0 Å². The largest absolute Gasteiger partial charge is 0.433 e. The molecule has 2 N–H and O–H groups in total. The number of benzene rings is 2. The van der Waals surface area contributed by atoms with E-state index in [0.717, 1.165) is 56.5 Å². The van der Waals surface area contributed by atoms with Crippen molar-refractivity contribution in [2.75, 3.05) is 43.4 Å². The summed E-state index contributed by atoms with van der Waals surface area (Å²) in [6.45, 7) is 0.308. The fourth-order valence-corrected chi connectivity index (χ4v) is 4.99. The van der Waals surface area contributed by atoms with Gasteiger partial charge in [0, 0.05) is 43.0 Å². The molecule has 0 bridgehead atoms. The van der Waals surface area contributed by atoms with Gasteiger partial charge in [0.2, 0.25) is 5.95 Å². The molecule has 8 nitrogen and oxygen atoms in total. The lowest BCUT2D eigenvalue weighted by molar-refractivity contribution is -0.0493. The number of alkyl halides is 2. The van der Waals surface area contributed by atoms with Crippen LogP contribution < -0.4 is 20.3 Å². The molecular formula is C26H25F3N6O2. The third kappa shape index (κ3) is 4.43. The van der Waals surface area contributed by atoms with Gasteiger partial charge in [-0.2, -0.15) is 8.78 Å². The van der Waals surface area contributed by atoms with E-state index in [4.69, 9.17) is 4.74 Å². The van der Waals surface area contributed by atoms with Gasteiger partial charge in [0.05, 0.1) is 17.4 Å². The Hall–Kier alpha value is -3.86. The van der Waals surface area contributed by atoms with Crippen molar-refractivity contribution in [3.63, 3.8) is 0 Å². The predicted octanol–water partition coefficient (Wildman–Crippen LogP) is 4.11. The molecule has 2 aliphatic heterocycles. The molecule has 1 spiro atoms. The van der Waals surface area contributed by atoms with Gasteiger partial charge in [-0.3, -0.25) is 4.79 Å². The number of hydrogen-bond acceptors (Lipinski definition) is 7. The van der Waals surface area contributed by atoms with Crippen molar-refractivity contribution in [2.45, 2.75) is 25.0 Å². The van der Waals surface area contributed by atoms with Crippen LogP contribution in [-0.4, -0.2) is 60.6 Å². The van der Waals surface area contributed by atoms with Gasteiger partial charge in [0.15, 0.2) is 5.82 Å². The average molecular weight is 511 g/mol. The van der Waals surface area contributed by atoms with Crippen LogP contribution in [0.3, 0.4) is 0 Å². The van der Waals surface area contributed by atoms with Gasteiger partial charge < -0.3 is 25.2 Å². The van der Waals surface area contributed by atoms with Gasteiger partial charge in [-0.25, -0.2) is 14.4 Å². The molecule has 0 radical (unpaired) electrons. The van der Waals surface area contributed by atoms with Gasteiger partial charge in [-0.05, 0) is 49.7 Å². The van der Waals surface area contributed by atoms with Crippen molar-refractivity contribution >= 4 is 23.2 Å². The molecule has 6 rings (SSSR count). The topological polar surface area (TPSA) is 82.6 Å². The number of carbonyl (C=O) groups excluding carboxylic acids is 1. The number of nitrogens with zero attached hydrogens (tertiary/aromatic N) is 4. The normalized spacial score (nSPS) is 18.2. The molecule has 3 heterocycles. The molecule has 1 saturated carbocycles. The van der Waals surface area contributed by atoms with Crippen LogP contribution in [0.1, 0.15) is 28.8 Å². The summed E-state index contributed by atoms with van der Waals surface area (Å²) >= 11 is 0. The second-order valence-electron chi connectivity index (χ2n) is 9.66. The summed E-state index contributed by atoms with van der Waals surface area (Å²) in [6, 6.07) is 10.1. The number of aromatic nitrogens is 2. The highest BCUT2D eigenvalue weighted by Crippen LogP contribution is 2.50. The van der Waals surface area contributed by atoms with Crippen LogP contribution in [-0.2, 0) is 5.54 Å². The molecule has 0 atom stereocenters. The Morgan fingerprint density at radius 3 is 2.62 bits per heavy atom. The first-order valence-electron chi connectivity index (χ1n) is 12.1. The lowest BCUT2D eigenvalue weighted by atomic mass is 9.99. The number of hydrogen-bond donors (Lipinski definition) is 2. The molecule has 0 unspecified atom stereocenters. The quantitative estimate of drug-likeness (QED) is 0.517. The Kier molecular flexibility index (Phi) is 5.67. The van der Waals surface area contributed by atoms with Crippen LogP contribution in [0.5, 0.6) is 5.75 Å². The van der Waals surface area contributed by atoms with Crippen molar-refractivity contribution in [3.05, 3.63) is 59.5 Å². The Morgan fingerprint density at radius 2 is 1.89 bits per heavy atom. The predicted molar refractivity (Wildman–Crippen MR) is 132 cm³/mol. The van der Waals surface area contributed by atoms with Crippen molar-refractivity contribution in [1.29, 1.82) is 0 Å². The van der Waals surface area contributed by atoms with Crippen LogP contribution in [0.25, 0.3) is 11.3 Å². The first-order chi connectivity index (χ1) is 17.8. The zero-order valence-corrected chi connectivity index (χ0v) is 20.1. The Balaban J connectivity index is 1.32. The second kappa shape index (κ2) is 8.91. The van der Waals surface area contributed by atoms with Gasteiger partial charge in [0.25, 0.3) is 5.91 Å². The van der Waals surface area contributed by atoms with E-state index in [-0.39, 0.29) is 34.5 Å². The zero-order valence-electron chi connectivity index (χ0n) is 20.1. The number of ether oxygens (including phenoxy) is 1. The number of amides is 1. The maximum atomic E-state index is 14.8. The van der Waals surface area contributed by atoms with Crippen LogP contribution in [0.15, 0.2) is 42.6 Å². The fourth-order valence-electron chi connectivity index (χ4n) is 4.99. The number of rotatable bonds is 6. The zero-order chi connectivity index (χ0) is 25.7. The van der Waals surface area contributed by atoms with Crippen molar-refractivity contribution in [3.8, 4) is 17.0 Å². The lowest BCUT2D eigenvalue weighted by Gasteiger charge is -2.34. The van der Waals surface area contributed by atoms with Crippen molar-refractivity contribution < 1.29 is 22.7 Å². The highest BCUT2D eigenvalue weighted by atomic mass is 19.3. The van der Waals surface area contributed by atoms with Gasteiger partial charge >= 0.3 is 6.61 Å². The standard InChI is InChI=1S/C26H25F3N6O2/c1-34-8-10-35(11-9-34)16-3-5-21(37-24(28)29)20(13-16)31-25-30-14-19(27)22(32-25)15-2-4-18-17(12-15)23(36)33-26(18)6-7-26/h2-5,12-14,24H,6-11H2,1H3,(H,33,36)(H,30,31,32). The van der Waals surface area contributed by atoms with Crippen LogP contribution in [0, 0.1) is 5.82 Å². The van der Waals surface area contributed by atoms with E-state index in [0.29, 0.717) is 11.1 Å². The van der Waals surface area contributed by atoms with Gasteiger partial charge in [0.1, 0.15) is 11.4 Å². The van der Waals surface area contributed by atoms with E-state index in [1.807, 2.05) is 13.1 Å². The molecule has 37 heavy (non-hydrogen) atoms. The summed E-state index contributed by atoms with van der Waals surface area (Å²) in [5.41, 5.74) is 2.63. The molecule has 1 amide bonds. The molecule has 192 valence electrons. The minimum absolute atomic E-state index is 0.00334. The monoisotopic (exact) mass is 510 g/mol. The molecule has 2 fully saturated rings. The molecule has 3 aromatic rings. The number of likely N-dealkylation sites (N-methyl/N-ethyl adjacent to an activating group) is 1.